The first-order valence-corrected chi connectivity index (χ1v) is 8.85. The van der Waals surface area contributed by atoms with Crippen molar-refractivity contribution in [1.82, 2.24) is 4.90 Å². The van der Waals surface area contributed by atoms with Gasteiger partial charge in [-0.2, -0.15) is 5.26 Å². The zero-order valence-electron chi connectivity index (χ0n) is 14.0. The lowest BCUT2D eigenvalue weighted by Gasteiger charge is -2.25. The van der Waals surface area contributed by atoms with Gasteiger partial charge in [0, 0.05) is 18.4 Å². The molecule has 0 fully saturated rings. The Labute approximate surface area is 150 Å². The van der Waals surface area contributed by atoms with Gasteiger partial charge in [0.15, 0.2) is 0 Å². The van der Waals surface area contributed by atoms with E-state index in [1.54, 1.807) is 26.1 Å². The van der Waals surface area contributed by atoms with Crippen molar-refractivity contribution in [1.29, 1.82) is 5.26 Å². The third-order valence-corrected chi connectivity index (χ3v) is 4.95. The van der Waals surface area contributed by atoms with Gasteiger partial charge in [0.25, 0.3) is 0 Å². The first-order valence-electron chi connectivity index (χ1n) is 7.69. The van der Waals surface area contributed by atoms with Crippen molar-refractivity contribution >= 4 is 17.7 Å². The lowest BCUT2D eigenvalue weighted by atomic mass is 10.1. The summed E-state index contributed by atoms with van der Waals surface area (Å²) in [7, 11) is 1.58. The fraction of sp³-hybridized carbons (Fsp3) is 0.263. The predicted molar refractivity (Wildman–Crippen MR) is 94.9 cm³/mol. The van der Waals surface area contributed by atoms with Gasteiger partial charge in [-0.25, -0.2) is 8.78 Å². The van der Waals surface area contributed by atoms with E-state index in [2.05, 4.69) is 6.07 Å². The maximum atomic E-state index is 13.8. The maximum absolute atomic E-state index is 13.8. The second-order valence-electron chi connectivity index (χ2n) is 5.65. The van der Waals surface area contributed by atoms with Crippen molar-refractivity contribution in [2.75, 3.05) is 12.8 Å². The first-order chi connectivity index (χ1) is 11.9. The van der Waals surface area contributed by atoms with E-state index in [1.165, 1.54) is 16.7 Å². The van der Waals surface area contributed by atoms with E-state index in [1.807, 2.05) is 12.1 Å². The quantitative estimate of drug-likeness (QED) is 0.772. The number of thioether (sulfide) groups is 1. The van der Waals surface area contributed by atoms with Crippen molar-refractivity contribution < 1.29 is 13.6 Å². The van der Waals surface area contributed by atoms with Crippen LogP contribution in [0, 0.1) is 23.0 Å². The minimum Gasteiger partial charge on any atom is -0.338 e. The lowest BCUT2D eigenvalue weighted by molar-refractivity contribution is -0.128. The van der Waals surface area contributed by atoms with Crippen LogP contribution in [0.3, 0.4) is 0 Å². The summed E-state index contributed by atoms with van der Waals surface area (Å²) >= 11 is 1.43. The number of nitrogens with zero attached hydrogens (tertiary/aromatic N) is 2. The number of rotatable bonds is 6. The molecule has 2 aromatic rings. The summed E-state index contributed by atoms with van der Waals surface area (Å²) in [5, 5.41) is 8.77. The van der Waals surface area contributed by atoms with E-state index >= 15 is 0 Å². The monoisotopic (exact) mass is 360 g/mol. The van der Waals surface area contributed by atoms with Gasteiger partial charge in [-0.1, -0.05) is 12.1 Å². The number of nitriles is 1. The molecule has 0 aliphatic rings. The van der Waals surface area contributed by atoms with Gasteiger partial charge in [0.1, 0.15) is 11.6 Å². The van der Waals surface area contributed by atoms with Crippen LogP contribution in [0.1, 0.15) is 29.7 Å². The summed E-state index contributed by atoms with van der Waals surface area (Å²) in [6, 6.07) is 11.9. The van der Waals surface area contributed by atoms with Gasteiger partial charge in [0.2, 0.25) is 5.91 Å². The summed E-state index contributed by atoms with van der Waals surface area (Å²) in [4.78, 5) is 13.7. The molecule has 25 heavy (non-hydrogen) atoms. The van der Waals surface area contributed by atoms with Gasteiger partial charge >= 0.3 is 0 Å². The third-order valence-electron chi connectivity index (χ3n) is 3.96. The molecule has 2 rings (SSSR count). The van der Waals surface area contributed by atoms with Gasteiger partial charge in [-0.3, -0.25) is 4.79 Å². The van der Waals surface area contributed by atoms with E-state index in [-0.39, 0.29) is 17.2 Å². The van der Waals surface area contributed by atoms with Crippen LogP contribution in [0.25, 0.3) is 0 Å². The Balaban J connectivity index is 1.91. The van der Waals surface area contributed by atoms with Crippen LogP contribution >= 0.6 is 11.8 Å². The van der Waals surface area contributed by atoms with Crippen LogP contribution in [-0.4, -0.2) is 23.6 Å². The van der Waals surface area contributed by atoms with Crippen LogP contribution in [0.4, 0.5) is 8.78 Å². The predicted octanol–water partition coefficient (Wildman–Crippen LogP) is 4.29. The molecule has 2 aromatic carbocycles. The molecular formula is C19H18F2N2OS. The van der Waals surface area contributed by atoms with Gasteiger partial charge in [-0.15, -0.1) is 11.8 Å². The average Bonchev–Trinajstić information content (AvgIpc) is 2.63. The molecule has 3 nitrogen and oxygen atoms in total. The first kappa shape index (κ1) is 18.9. The highest BCUT2D eigenvalue weighted by molar-refractivity contribution is 7.99. The molecule has 0 aliphatic carbocycles. The minimum absolute atomic E-state index is 0.158. The molecule has 0 N–H and O–H groups in total. The highest BCUT2D eigenvalue weighted by Gasteiger charge is 2.20. The number of hydrogen-bond acceptors (Lipinski definition) is 3. The standard InChI is InChI=1S/C19H18F2N2OS/c1-13(17-9-16(20)7-8-18(17)21)23(2)19(24)12-25-11-15-5-3-14(10-22)4-6-15/h3-9,13H,11-12H2,1-2H3. The highest BCUT2D eigenvalue weighted by atomic mass is 32.2. The Bertz CT molecular complexity index is 787. The smallest absolute Gasteiger partial charge is 0.232 e. The molecule has 130 valence electrons. The van der Waals surface area contributed by atoms with Crippen LogP contribution in [0.5, 0.6) is 0 Å². The molecule has 1 amide bonds. The van der Waals surface area contributed by atoms with Crippen LogP contribution in [0.2, 0.25) is 0 Å². The van der Waals surface area contributed by atoms with Crippen LogP contribution in [0.15, 0.2) is 42.5 Å². The SMILES string of the molecule is CC(c1cc(F)ccc1F)N(C)C(=O)CSCc1ccc(C#N)cc1. The largest absolute Gasteiger partial charge is 0.338 e. The lowest BCUT2D eigenvalue weighted by Crippen LogP contribution is -2.31. The minimum atomic E-state index is -0.557. The molecule has 6 heteroatoms. The Morgan fingerprint density at radius 1 is 1.24 bits per heavy atom. The molecule has 0 saturated heterocycles. The molecule has 0 aromatic heterocycles. The third kappa shape index (κ3) is 5.04. The maximum Gasteiger partial charge on any atom is 0.232 e. The Kier molecular flexibility index (Phi) is 6.54. The zero-order chi connectivity index (χ0) is 18.4. The van der Waals surface area contributed by atoms with Crippen molar-refractivity contribution in [2.24, 2.45) is 0 Å². The Hall–Kier alpha value is -2.39. The summed E-state index contributed by atoms with van der Waals surface area (Å²) in [6.45, 7) is 1.67. The number of carbonyl (C=O) groups excluding carboxylic acids is 1. The second-order valence-corrected chi connectivity index (χ2v) is 6.63. The van der Waals surface area contributed by atoms with Crippen LogP contribution < -0.4 is 0 Å². The van der Waals surface area contributed by atoms with E-state index in [0.29, 0.717) is 11.3 Å². The van der Waals surface area contributed by atoms with Crippen molar-refractivity contribution in [2.45, 2.75) is 18.7 Å². The average molecular weight is 360 g/mol. The summed E-state index contributed by atoms with van der Waals surface area (Å²) in [6.07, 6.45) is 0. The number of amides is 1. The number of carbonyl (C=O) groups is 1. The normalized spacial score (nSPS) is 11.6. The summed E-state index contributed by atoms with van der Waals surface area (Å²) < 4.78 is 27.2. The molecular weight excluding hydrogens is 342 g/mol. The molecule has 1 atom stereocenters. The van der Waals surface area contributed by atoms with Gasteiger partial charge < -0.3 is 4.90 Å². The van der Waals surface area contributed by atoms with Crippen molar-refractivity contribution in [3.63, 3.8) is 0 Å². The summed E-state index contributed by atoms with van der Waals surface area (Å²) in [5.74, 6) is -0.348. The molecule has 0 spiro atoms. The van der Waals surface area contributed by atoms with Crippen molar-refractivity contribution in [3.05, 3.63) is 70.8 Å². The molecule has 0 radical (unpaired) electrons. The fourth-order valence-corrected chi connectivity index (χ4v) is 3.20. The van der Waals surface area contributed by atoms with Crippen LogP contribution in [-0.2, 0) is 10.5 Å². The van der Waals surface area contributed by atoms with E-state index in [4.69, 9.17) is 5.26 Å². The Morgan fingerprint density at radius 3 is 2.56 bits per heavy atom. The summed E-state index contributed by atoms with van der Waals surface area (Å²) in [5.41, 5.74) is 1.77. The molecule has 0 heterocycles. The van der Waals surface area contributed by atoms with E-state index in [0.717, 1.165) is 23.8 Å². The topological polar surface area (TPSA) is 44.1 Å². The fourth-order valence-electron chi connectivity index (χ4n) is 2.29. The number of hydrogen-bond donors (Lipinski definition) is 0. The van der Waals surface area contributed by atoms with Gasteiger partial charge in [-0.05, 0) is 42.8 Å². The zero-order valence-corrected chi connectivity index (χ0v) is 14.8. The van der Waals surface area contributed by atoms with E-state index in [9.17, 15) is 13.6 Å². The molecule has 0 aliphatic heterocycles. The van der Waals surface area contributed by atoms with E-state index < -0.39 is 17.7 Å². The number of halogens is 2. The van der Waals surface area contributed by atoms with Gasteiger partial charge in [0.05, 0.1) is 23.4 Å². The highest BCUT2D eigenvalue weighted by Crippen LogP contribution is 2.24. The van der Waals surface area contributed by atoms with Crippen molar-refractivity contribution in [3.8, 4) is 6.07 Å². The molecule has 0 saturated carbocycles. The molecule has 1 unspecified atom stereocenters. The second kappa shape index (κ2) is 8.63. The number of benzene rings is 2. The Morgan fingerprint density at radius 2 is 1.92 bits per heavy atom. The molecule has 0 bridgehead atoms.